The van der Waals surface area contributed by atoms with Crippen molar-refractivity contribution in [3.05, 3.63) is 36.0 Å². The molecule has 0 aliphatic heterocycles. The predicted molar refractivity (Wildman–Crippen MR) is 101 cm³/mol. The Kier molecular flexibility index (Phi) is 8.25. The topological polar surface area (TPSA) is 104 Å². The largest absolute Gasteiger partial charge is 0.481 e. The molecule has 0 bridgehead atoms. The lowest BCUT2D eigenvalue weighted by Gasteiger charge is -2.40. The van der Waals surface area contributed by atoms with Crippen LogP contribution in [0.4, 0.5) is 0 Å². The summed E-state index contributed by atoms with van der Waals surface area (Å²) in [4.78, 5) is 22.5. The average molecular weight is 378 g/mol. The molecule has 0 saturated carbocycles. The number of carboxylic acid groups (broad SMARTS) is 1. The summed E-state index contributed by atoms with van der Waals surface area (Å²) in [6.07, 6.45) is 10.6. The molecule has 6 heteroatoms. The molecule has 2 aliphatic rings. The molecule has 0 aromatic heterocycles. The van der Waals surface area contributed by atoms with Crippen LogP contribution in [-0.4, -0.2) is 45.6 Å². The quantitative estimate of drug-likeness (QED) is 0.421. The molecule has 2 aliphatic carbocycles. The van der Waals surface area contributed by atoms with Gasteiger partial charge < -0.3 is 20.1 Å². The first-order valence-corrected chi connectivity index (χ1v) is 9.73. The van der Waals surface area contributed by atoms with Crippen molar-refractivity contribution in [1.29, 1.82) is 0 Å². The predicted octanol–water partition coefficient (Wildman–Crippen LogP) is 2.75. The molecule has 0 heterocycles. The van der Waals surface area contributed by atoms with Gasteiger partial charge in [-0.2, -0.15) is 0 Å². The minimum Gasteiger partial charge on any atom is -0.481 e. The summed E-state index contributed by atoms with van der Waals surface area (Å²) in [5.41, 5.74) is 0.996. The average Bonchev–Trinajstić information content (AvgIpc) is 2.59. The van der Waals surface area contributed by atoms with E-state index in [0.29, 0.717) is 19.3 Å². The first-order chi connectivity index (χ1) is 12.9. The van der Waals surface area contributed by atoms with E-state index in [9.17, 15) is 19.8 Å². The number of hydrogen-bond donors (Lipinski definition) is 3. The first kappa shape index (κ1) is 21.4. The van der Waals surface area contributed by atoms with Crippen LogP contribution in [0.5, 0.6) is 0 Å². The number of ether oxygens (including phenoxy) is 1. The number of fused-ring (bicyclic) bond motifs is 1. The normalized spacial score (nSPS) is 28.5. The van der Waals surface area contributed by atoms with E-state index in [0.717, 1.165) is 24.8 Å². The summed E-state index contributed by atoms with van der Waals surface area (Å²) in [7, 11) is 0. The maximum Gasteiger partial charge on any atom is 0.307 e. The van der Waals surface area contributed by atoms with E-state index < -0.39 is 18.2 Å². The van der Waals surface area contributed by atoms with E-state index >= 15 is 0 Å². The van der Waals surface area contributed by atoms with Crippen molar-refractivity contribution in [3.8, 4) is 0 Å². The fourth-order valence-corrected chi connectivity index (χ4v) is 3.93. The second kappa shape index (κ2) is 10.4. The van der Waals surface area contributed by atoms with Crippen LogP contribution in [-0.2, 0) is 14.3 Å². The number of allylic oxidation sites excluding steroid dienone is 2. The van der Waals surface area contributed by atoms with Crippen molar-refractivity contribution in [2.75, 3.05) is 0 Å². The standard InChI is InChI=1S/C21H30O6/c1-2-5-20(26)27-18-13-17(23)12-15-7-3-6-14(21(15)18)10-11-16(22)8-4-9-19(24)25/h3-4,7-8,12,14,16-18,21-23H,2,5-6,9-11,13H2,1H3,(H,24,25)/b8-4+/t14?,16?,17?,18-,21?/m0/s1. The highest BCUT2D eigenvalue weighted by atomic mass is 16.5. The third-order valence-corrected chi connectivity index (χ3v) is 5.12. The Morgan fingerprint density at radius 1 is 1.41 bits per heavy atom. The van der Waals surface area contributed by atoms with E-state index in [2.05, 4.69) is 6.08 Å². The molecule has 6 nitrogen and oxygen atoms in total. The summed E-state index contributed by atoms with van der Waals surface area (Å²) in [5.74, 6) is -0.936. The zero-order valence-electron chi connectivity index (χ0n) is 15.8. The number of esters is 1. The summed E-state index contributed by atoms with van der Waals surface area (Å²) in [5, 5.41) is 28.8. The van der Waals surface area contributed by atoms with Gasteiger partial charge in [-0.25, -0.2) is 0 Å². The van der Waals surface area contributed by atoms with Crippen molar-refractivity contribution in [3.63, 3.8) is 0 Å². The van der Waals surface area contributed by atoms with E-state index in [1.807, 2.05) is 19.1 Å². The Morgan fingerprint density at radius 3 is 2.89 bits per heavy atom. The van der Waals surface area contributed by atoms with Crippen LogP contribution >= 0.6 is 0 Å². The van der Waals surface area contributed by atoms with E-state index in [1.54, 1.807) is 0 Å². The van der Waals surface area contributed by atoms with E-state index in [1.165, 1.54) is 12.2 Å². The first-order valence-electron chi connectivity index (χ1n) is 9.73. The molecule has 3 N–H and O–H groups in total. The van der Waals surface area contributed by atoms with Crippen molar-refractivity contribution in [2.24, 2.45) is 11.8 Å². The summed E-state index contributed by atoms with van der Waals surface area (Å²) in [6.45, 7) is 1.92. The number of aliphatic hydroxyl groups is 2. The second-order valence-electron chi connectivity index (χ2n) is 7.34. The van der Waals surface area contributed by atoms with Crippen molar-refractivity contribution >= 4 is 11.9 Å². The van der Waals surface area contributed by atoms with Gasteiger partial charge in [-0.3, -0.25) is 9.59 Å². The molecule has 0 aromatic rings. The lowest BCUT2D eigenvalue weighted by Crippen LogP contribution is -2.40. The van der Waals surface area contributed by atoms with Crippen LogP contribution in [0, 0.1) is 11.8 Å². The Morgan fingerprint density at radius 2 is 2.19 bits per heavy atom. The highest BCUT2D eigenvalue weighted by Gasteiger charge is 2.39. The van der Waals surface area contributed by atoms with Crippen LogP contribution in [0.25, 0.3) is 0 Å². The number of rotatable bonds is 9. The number of carboxylic acids is 1. The van der Waals surface area contributed by atoms with Gasteiger partial charge in [-0.1, -0.05) is 37.3 Å². The highest BCUT2D eigenvalue weighted by Crippen LogP contribution is 2.41. The summed E-state index contributed by atoms with van der Waals surface area (Å²) >= 11 is 0. The van der Waals surface area contributed by atoms with Crippen LogP contribution in [0.2, 0.25) is 0 Å². The highest BCUT2D eigenvalue weighted by molar-refractivity contribution is 5.69. The molecular weight excluding hydrogens is 348 g/mol. The Balaban J connectivity index is 2.02. The molecule has 0 spiro atoms. The van der Waals surface area contributed by atoms with Gasteiger partial charge >= 0.3 is 11.9 Å². The van der Waals surface area contributed by atoms with Gasteiger partial charge in [0.15, 0.2) is 0 Å². The molecule has 0 saturated heterocycles. The van der Waals surface area contributed by atoms with Gasteiger partial charge in [0, 0.05) is 18.8 Å². The van der Waals surface area contributed by atoms with Gasteiger partial charge in [0.1, 0.15) is 6.10 Å². The monoisotopic (exact) mass is 378 g/mol. The molecular formula is C21H30O6. The molecule has 2 rings (SSSR count). The molecule has 27 heavy (non-hydrogen) atoms. The lowest BCUT2D eigenvalue weighted by molar-refractivity contribution is -0.154. The van der Waals surface area contributed by atoms with Crippen LogP contribution in [0.1, 0.15) is 51.9 Å². The molecule has 0 radical (unpaired) electrons. The van der Waals surface area contributed by atoms with E-state index in [-0.39, 0.29) is 30.3 Å². The lowest BCUT2D eigenvalue weighted by atomic mass is 9.70. The minimum atomic E-state index is -0.928. The van der Waals surface area contributed by atoms with Crippen molar-refractivity contribution in [1.82, 2.24) is 0 Å². The van der Waals surface area contributed by atoms with Gasteiger partial charge in [0.25, 0.3) is 0 Å². The number of aliphatic hydroxyl groups excluding tert-OH is 2. The molecule has 4 unspecified atom stereocenters. The number of carbonyl (C=O) groups is 2. The number of hydrogen-bond acceptors (Lipinski definition) is 5. The smallest absolute Gasteiger partial charge is 0.307 e. The van der Waals surface area contributed by atoms with Crippen LogP contribution in [0.3, 0.4) is 0 Å². The number of aliphatic carboxylic acids is 1. The molecule has 0 amide bonds. The Labute approximate surface area is 160 Å². The zero-order chi connectivity index (χ0) is 19.8. The Hall–Kier alpha value is -1.92. The van der Waals surface area contributed by atoms with Gasteiger partial charge in [0.2, 0.25) is 0 Å². The van der Waals surface area contributed by atoms with Crippen molar-refractivity contribution in [2.45, 2.75) is 70.2 Å². The van der Waals surface area contributed by atoms with E-state index in [4.69, 9.17) is 9.84 Å². The molecule has 0 aromatic carbocycles. The van der Waals surface area contributed by atoms with Crippen molar-refractivity contribution < 1.29 is 29.6 Å². The molecule has 0 fully saturated rings. The minimum absolute atomic E-state index is 0.0226. The maximum absolute atomic E-state index is 12.0. The fourth-order valence-electron chi connectivity index (χ4n) is 3.93. The summed E-state index contributed by atoms with van der Waals surface area (Å²) < 4.78 is 5.68. The third-order valence-electron chi connectivity index (χ3n) is 5.12. The second-order valence-corrected chi connectivity index (χ2v) is 7.34. The summed E-state index contributed by atoms with van der Waals surface area (Å²) in [6, 6.07) is 0. The van der Waals surface area contributed by atoms with Crippen LogP contribution in [0.15, 0.2) is 36.0 Å². The van der Waals surface area contributed by atoms with Gasteiger partial charge in [-0.15, -0.1) is 0 Å². The molecule has 5 atom stereocenters. The zero-order valence-corrected chi connectivity index (χ0v) is 15.8. The SMILES string of the molecule is CCCC(=O)O[C@H]1CC(O)C=C2C=CCC(CCC(O)/C=C/CC(=O)O)C21. The van der Waals surface area contributed by atoms with Gasteiger partial charge in [0.05, 0.1) is 18.6 Å². The Bertz CT molecular complexity index is 606. The maximum atomic E-state index is 12.0. The molecule has 150 valence electrons. The third kappa shape index (κ3) is 6.63. The van der Waals surface area contributed by atoms with Crippen LogP contribution < -0.4 is 0 Å². The fraction of sp³-hybridized carbons (Fsp3) is 0.619. The number of carbonyl (C=O) groups excluding carboxylic acids is 1. The van der Waals surface area contributed by atoms with Gasteiger partial charge in [-0.05, 0) is 37.2 Å².